The normalized spacial score (nSPS) is 11.8. The van der Waals surface area contributed by atoms with Crippen molar-refractivity contribution in [1.29, 1.82) is 0 Å². The average molecular weight is 440 g/mol. The zero-order valence-corrected chi connectivity index (χ0v) is 16.5. The fourth-order valence-electron chi connectivity index (χ4n) is 2.54. The van der Waals surface area contributed by atoms with Crippen molar-refractivity contribution in [2.45, 2.75) is 0 Å². The van der Waals surface area contributed by atoms with Crippen LogP contribution in [0.1, 0.15) is 5.56 Å². The summed E-state index contributed by atoms with van der Waals surface area (Å²) in [5.41, 5.74) is 1.59. The number of thiazole rings is 1. The van der Waals surface area contributed by atoms with E-state index in [1.54, 1.807) is 6.08 Å². The van der Waals surface area contributed by atoms with Gasteiger partial charge >= 0.3 is 0 Å². The zero-order chi connectivity index (χ0) is 18.8. The SMILES string of the molecule is C=CCOc1ccc(-c2nc3s/c(=C/c4ccccc4Br)c(=O)n3n2)cc1. The van der Waals surface area contributed by atoms with Gasteiger partial charge in [0.1, 0.15) is 12.4 Å². The van der Waals surface area contributed by atoms with Crippen LogP contribution in [0.4, 0.5) is 0 Å². The Morgan fingerprint density at radius 1 is 1.19 bits per heavy atom. The molecule has 4 aromatic rings. The van der Waals surface area contributed by atoms with E-state index >= 15 is 0 Å². The number of nitrogens with zero attached hydrogens (tertiary/aromatic N) is 3. The molecule has 7 heteroatoms. The molecule has 27 heavy (non-hydrogen) atoms. The Hall–Kier alpha value is -2.77. The van der Waals surface area contributed by atoms with Crippen molar-refractivity contribution >= 4 is 38.3 Å². The number of benzene rings is 2. The molecule has 0 aliphatic heterocycles. The highest BCUT2D eigenvalue weighted by molar-refractivity contribution is 9.10. The Morgan fingerprint density at radius 3 is 2.67 bits per heavy atom. The van der Waals surface area contributed by atoms with Crippen LogP contribution in [-0.4, -0.2) is 21.2 Å². The molecule has 5 nitrogen and oxygen atoms in total. The van der Waals surface area contributed by atoms with E-state index in [0.717, 1.165) is 21.3 Å². The molecule has 2 aromatic carbocycles. The Kier molecular flexibility index (Phi) is 4.87. The van der Waals surface area contributed by atoms with Gasteiger partial charge in [-0.15, -0.1) is 5.10 Å². The number of aromatic nitrogens is 3. The van der Waals surface area contributed by atoms with Crippen molar-refractivity contribution in [3.8, 4) is 17.1 Å². The first kappa shape index (κ1) is 17.6. The molecule has 0 spiro atoms. The molecule has 0 N–H and O–H groups in total. The van der Waals surface area contributed by atoms with E-state index in [1.165, 1.54) is 15.9 Å². The second-order valence-corrected chi connectivity index (χ2v) is 7.55. The van der Waals surface area contributed by atoms with E-state index in [0.29, 0.717) is 21.9 Å². The highest BCUT2D eigenvalue weighted by Gasteiger charge is 2.12. The van der Waals surface area contributed by atoms with Crippen molar-refractivity contribution < 1.29 is 4.74 Å². The molecule has 0 saturated heterocycles. The van der Waals surface area contributed by atoms with Gasteiger partial charge in [0.25, 0.3) is 5.56 Å². The van der Waals surface area contributed by atoms with E-state index in [4.69, 9.17) is 4.74 Å². The van der Waals surface area contributed by atoms with Crippen LogP contribution in [0.5, 0.6) is 5.75 Å². The van der Waals surface area contributed by atoms with Gasteiger partial charge in [-0.3, -0.25) is 4.79 Å². The molecule has 2 heterocycles. The third-order valence-corrected chi connectivity index (χ3v) is 5.54. The summed E-state index contributed by atoms with van der Waals surface area (Å²) in [5.74, 6) is 1.26. The van der Waals surface area contributed by atoms with Crippen LogP contribution in [0.3, 0.4) is 0 Å². The molecule has 0 bridgehead atoms. The lowest BCUT2D eigenvalue weighted by Gasteiger charge is -2.02. The van der Waals surface area contributed by atoms with E-state index < -0.39 is 0 Å². The number of ether oxygens (including phenoxy) is 1. The second kappa shape index (κ2) is 7.46. The van der Waals surface area contributed by atoms with Gasteiger partial charge in [-0.1, -0.05) is 58.1 Å². The van der Waals surface area contributed by atoms with Crippen LogP contribution in [0, 0.1) is 0 Å². The molecule has 134 valence electrons. The number of hydrogen-bond donors (Lipinski definition) is 0. The number of rotatable bonds is 5. The summed E-state index contributed by atoms with van der Waals surface area (Å²) in [6.07, 6.45) is 3.54. The number of halogens is 1. The lowest BCUT2D eigenvalue weighted by Crippen LogP contribution is -2.23. The first-order valence-corrected chi connectivity index (χ1v) is 9.76. The minimum atomic E-state index is -0.171. The standard InChI is InChI=1S/C20H14BrN3O2S/c1-2-11-26-15-9-7-13(8-10-15)18-22-20-24(23-18)19(25)17(27-20)12-14-5-3-4-6-16(14)21/h2-10,12H,1,11H2/b17-12+. The van der Waals surface area contributed by atoms with Gasteiger partial charge < -0.3 is 4.74 Å². The summed E-state index contributed by atoms with van der Waals surface area (Å²) in [7, 11) is 0. The third kappa shape index (κ3) is 3.56. The maximum atomic E-state index is 12.7. The lowest BCUT2D eigenvalue weighted by atomic mass is 10.2. The summed E-state index contributed by atoms with van der Waals surface area (Å²) in [4.78, 5) is 17.7. The van der Waals surface area contributed by atoms with Crippen molar-refractivity contribution in [2.24, 2.45) is 0 Å². The summed E-state index contributed by atoms with van der Waals surface area (Å²) < 4.78 is 8.35. The summed E-state index contributed by atoms with van der Waals surface area (Å²) in [6, 6.07) is 15.2. The smallest absolute Gasteiger partial charge is 0.291 e. The van der Waals surface area contributed by atoms with E-state index in [1.807, 2.05) is 54.6 Å². The van der Waals surface area contributed by atoms with E-state index in [2.05, 4.69) is 32.6 Å². The van der Waals surface area contributed by atoms with Crippen LogP contribution in [0.25, 0.3) is 22.4 Å². The number of hydrogen-bond acceptors (Lipinski definition) is 5. The largest absolute Gasteiger partial charge is 0.490 e. The molecule has 4 rings (SSSR count). The van der Waals surface area contributed by atoms with Crippen LogP contribution in [0.2, 0.25) is 0 Å². The van der Waals surface area contributed by atoms with Crippen molar-refractivity contribution in [3.05, 3.63) is 86.1 Å². The molecule has 0 radical (unpaired) electrons. The summed E-state index contributed by atoms with van der Waals surface area (Å²) in [6.45, 7) is 4.08. The second-order valence-electron chi connectivity index (χ2n) is 5.69. The zero-order valence-electron chi connectivity index (χ0n) is 14.1. The number of fused-ring (bicyclic) bond motifs is 1. The van der Waals surface area contributed by atoms with Crippen molar-refractivity contribution in [2.75, 3.05) is 6.61 Å². The lowest BCUT2D eigenvalue weighted by molar-refractivity contribution is 0.363. The Morgan fingerprint density at radius 2 is 1.96 bits per heavy atom. The van der Waals surface area contributed by atoms with Crippen LogP contribution >= 0.6 is 27.3 Å². The highest BCUT2D eigenvalue weighted by atomic mass is 79.9. The van der Waals surface area contributed by atoms with Gasteiger partial charge in [0.2, 0.25) is 4.96 Å². The minimum absolute atomic E-state index is 0.171. The molecule has 0 fully saturated rings. The maximum Gasteiger partial charge on any atom is 0.291 e. The molecular weight excluding hydrogens is 426 g/mol. The molecule has 0 saturated carbocycles. The predicted octanol–water partition coefficient (Wildman–Crippen LogP) is 3.69. The van der Waals surface area contributed by atoms with Crippen LogP contribution in [-0.2, 0) is 0 Å². The molecule has 0 amide bonds. The van der Waals surface area contributed by atoms with Gasteiger partial charge in [0, 0.05) is 10.0 Å². The fourth-order valence-corrected chi connectivity index (χ4v) is 3.84. The van der Waals surface area contributed by atoms with E-state index in [-0.39, 0.29) is 5.56 Å². The molecule has 0 atom stereocenters. The summed E-state index contributed by atoms with van der Waals surface area (Å²) >= 11 is 4.82. The molecule has 2 aromatic heterocycles. The minimum Gasteiger partial charge on any atom is -0.490 e. The fraction of sp³-hybridized carbons (Fsp3) is 0.0500. The van der Waals surface area contributed by atoms with Gasteiger partial charge in [-0.2, -0.15) is 9.50 Å². The Labute approximate surface area is 167 Å². The van der Waals surface area contributed by atoms with Gasteiger partial charge in [-0.25, -0.2) is 0 Å². The van der Waals surface area contributed by atoms with Crippen LogP contribution < -0.4 is 14.8 Å². The van der Waals surface area contributed by atoms with Gasteiger partial charge in [-0.05, 0) is 42.0 Å². The quantitative estimate of drug-likeness (QED) is 0.445. The van der Waals surface area contributed by atoms with Crippen molar-refractivity contribution in [1.82, 2.24) is 14.6 Å². The Balaban J connectivity index is 1.69. The Bertz CT molecular complexity index is 1230. The maximum absolute atomic E-state index is 12.7. The van der Waals surface area contributed by atoms with E-state index in [9.17, 15) is 4.79 Å². The first-order chi connectivity index (χ1) is 13.2. The topological polar surface area (TPSA) is 56.5 Å². The molecule has 0 unspecified atom stereocenters. The highest BCUT2D eigenvalue weighted by Crippen LogP contribution is 2.21. The summed E-state index contributed by atoms with van der Waals surface area (Å²) in [5, 5.41) is 4.37. The molecular formula is C20H14BrN3O2S. The van der Waals surface area contributed by atoms with Gasteiger partial charge in [0.15, 0.2) is 5.82 Å². The van der Waals surface area contributed by atoms with Crippen LogP contribution in [0.15, 0.2) is 70.5 Å². The first-order valence-electron chi connectivity index (χ1n) is 8.15. The average Bonchev–Trinajstić information content (AvgIpc) is 3.22. The predicted molar refractivity (Wildman–Crippen MR) is 111 cm³/mol. The van der Waals surface area contributed by atoms with Gasteiger partial charge in [0.05, 0.1) is 4.53 Å². The monoisotopic (exact) mass is 439 g/mol. The molecule has 0 aliphatic carbocycles. The van der Waals surface area contributed by atoms with Crippen molar-refractivity contribution in [3.63, 3.8) is 0 Å². The molecule has 0 aliphatic rings. The third-order valence-electron chi connectivity index (χ3n) is 3.85.